The predicted octanol–water partition coefficient (Wildman–Crippen LogP) is 2.80. The van der Waals surface area contributed by atoms with E-state index in [9.17, 15) is 9.59 Å². The first-order chi connectivity index (χ1) is 15.0. The van der Waals surface area contributed by atoms with Gasteiger partial charge in [0.25, 0.3) is 5.91 Å². The number of nitrogens with two attached hydrogens (primary N) is 1. The van der Waals surface area contributed by atoms with Gasteiger partial charge in [0, 0.05) is 23.0 Å². The number of carbonyl (C=O) groups excluding carboxylic acids is 2. The van der Waals surface area contributed by atoms with Crippen molar-refractivity contribution in [1.29, 1.82) is 0 Å². The van der Waals surface area contributed by atoms with Crippen molar-refractivity contribution in [2.45, 2.75) is 25.3 Å². The Morgan fingerprint density at radius 1 is 1.13 bits per heavy atom. The predicted molar refractivity (Wildman–Crippen MR) is 121 cm³/mol. The highest BCUT2D eigenvalue weighted by Crippen LogP contribution is 2.47. The molecular formula is C21H28N4O5S. The molecule has 0 bridgehead atoms. The number of urea groups is 1. The van der Waals surface area contributed by atoms with Crippen LogP contribution in [0.4, 0.5) is 10.5 Å². The Balaban J connectivity index is 1.98. The summed E-state index contributed by atoms with van der Waals surface area (Å²) >= 11 is 1.24. The number of rotatable bonds is 7. The van der Waals surface area contributed by atoms with E-state index in [0.29, 0.717) is 44.8 Å². The fourth-order valence-corrected chi connectivity index (χ4v) is 4.65. The Bertz CT molecular complexity index is 938. The van der Waals surface area contributed by atoms with Gasteiger partial charge in [0.15, 0.2) is 11.5 Å². The van der Waals surface area contributed by atoms with E-state index in [1.54, 1.807) is 19.2 Å². The van der Waals surface area contributed by atoms with E-state index in [4.69, 9.17) is 19.9 Å². The number of ether oxygens (including phenoxy) is 3. The molecule has 1 atom stereocenters. The highest BCUT2D eigenvalue weighted by atomic mass is 32.1. The monoisotopic (exact) mass is 448 g/mol. The van der Waals surface area contributed by atoms with E-state index in [2.05, 4.69) is 16.0 Å². The topological polar surface area (TPSA) is 124 Å². The Morgan fingerprint density at radius 3 is 2.58 bits per heavy atom. The molecule has 1 fully saturated rings. The number of primary amides is 1. The summed E-state index contributed by atoms with van der Waals surface area (Å²) in [5.41, 5.74) is 6.39. The van der Waals surface area contributed by atoms with Gasteiger partial charge in [-0.3, -0.25) is 4.79 Å². The van der Waals surface area contributed by atoms with Crippen molar-refractivity contribution in [2.24, 2.45) is 5.73 Å². The van der Waals surface area contributed by atoms with Gasteiger partial charge < -0.3 is 35.9 Å². The maximum atomic E-state index is 13.1. The highest BCUT2D eigenvalue weighted by Gasteiger charge is 2.24. The third kappa shape index (κ3) is 5.20. The molecule has 2 aromatic rings. The second-order valence-electron chi connectivity index (χ2n) is 7.09. The number of amides is 3. The van der Waals surface area contributed by atoms with Gasteiger partial charge in [-0.25, -0.2) is 4.79 Å². The lowest BCUT2D eigenvalue weighted by molar-refractivity contribution is 0.0940. The summed E-state index contributed by atoms with van der Waals surface area (Å²) in [5, 5.41) is 8.95. The Kier molecular flexibility index (Phi) is 7.59. The number of benzene rings is 1. The Hall–Kier alpha value is -2.98. The van der Waals surface area contributed by atoms with Crippen molar-refractivity contribution in [1.82, 2.24) is 10.6 Å². The van der Waals surface area contributed by atoms with Crippen molar-refractivity contribution in [3.63, 3.8) is 0 Å². The Morgan fingerprint density at radius 2 is 1.90 bits per heavy atom. The molecule has 3 rings (SSSR count). The molecule has 0 unspecified atom stereocenters. The third-order valence-corrected chi connectivity index (χ3v) is 6.22. The zero-order chi connectivity index (χ0) is 22.4. The van der Waals surface area contributed by atoms with Crippen molar-refractivity contribution >= 4 is 29.0 Å². The minimum Gasteiger partial charge on any atom is -0.493 e. The van der Waals surface area contributed by atoms with Gasteiger partial charge in [0.05, 0.1) is 27.0 Å². The normalized spacial score (nSPS) is 16.2. The van der Waals surface area contributed by atoms with Crippen LogP contribution in [0.5, 0.6) is 17.2 Å². The second kappa shape index (κ2) is 10.4. The first-order valence-electron chi connectivity index (χ1n) is 9.99. The average molecular weight is 449 g/mol. The second-order valence-corrected chi connectivity index (χ2v) is 8.15. The molecule has 0 aliphatic carbocycles. The Labute approximate surface area is 185 Å². The van der Waals surface area contributed by atoms with Gasteiger partial charge in [-0.1, -0.05) is 6.42 Å². The molecule has 1 saturated heterocycles. The van der Waals surface area contributed by atoms with Crippen LogP contribution in [0.1, 0.15) is 28.9 Å². The SMILES string of the molecule is COc1ccc(-c2cc(NC(N)=O)c(C(=O)N[C@H]3CCCCNC3)s2)c(OC)c1OC. The molecule has 5 N–H and O–H groups in total. The van der Waals surface area contributed by atoms with Gasteiger partial charge in [-0.2, -0.15) is 0 Å². The van der Waals surface area contributed by atoms with Gasteiger partial charge in [0.1, 0.15) is 4.88 Å². The van der Waals surface area contributed by atoms with Crippen LogP contribution in [-0.4, -0.2) is 52.4 Å². The van der Waals surface area contributed by atoms with Gasteiger partial charge in [-0.05, 0) is 37.6 Å². The van der Waals surface area contributed by atoms with E-state index >= 15 is 0 Å². The lowest BCUT2D eigenvalue weighted by Crippen LogP contribution is -2.40. The quantitative estimate of drug-likeness (QED) is 0.516. The summed E-state index contributed by atoms with van der Waals surface area (Å²) in [6, 6.07) is 4.57. The molecule has 3 amide bonds. The van der Waals surface area contributed by atoms with Crippen LogP contribution in [0.3, 0.4) is 0 Å². The van der Waals surface area contributed by atoms with Crippen LogP contribution in [0, 0.1) is 0 Å². The van der Waals surface area contributed by atoms with Crippen molar-refractivity contribution in [3.05, 3.63) is 23.1 Å². The lowest BCUT2D eigenvalue weighted by Gasteiger charge is -2.16. The summed E-state index contributed by atoms with van der Waals surface area (Å²) < 4.78 is 16.4. The smallest absolute Gasteiger partial charge is 0.316 e. The van der Waals surface area contributed by atoms with Gasteiger partial charge in [0.2, 0.25) is 5.75 Å². The molecular weight excluding hydrogens is 420 g/mol. The van der Waals surface area contributed by atoms with Crippen LogP contribution in [0.15, 0.2) is 18.2 Å². The van der Waals surface area contributed by atoms with E-state index < -0.39 is 6.03 Å². The maximum absolute atomic E-state index is 13.1. The standard InChI is InChI=1S/C21H28N4O5S/c1-28-15-8-7-13(17(29-2)18(15)30-3)16-10-14(25-21(22)27)19(31-16)20(26)24-12-6-4-5-9-23-11-12/h7-8,10,12,23H,4-6,9,11H2,1-3H3,(H,24,26)(H3,22,25,27)/t12-/m0/s1. The van der Waals surface area contributed by atoms with Gasteiger partial charge >= 0.3 is 6.03 Å². The summed E-state index contributed by atoms with van der Waals surface area (Å²) in [7, 11) is 4.60. The molecule has 1 aromatic carbocycles. The number of thiophene rings is 1. The largest absolute Gasteiger partial charge is 0.493 e. The van der Waals surface area contributed by atoms with E-state index in [1.165, 1.54) is 25.6 Å². The summed E-state index contributed by atoms with van der Waals surface area (Å²) in [6.45, 7) is 1.66. The molecule has 2 heterocycles. The number of anilines is 1. The van der Waals surface area contributed by atoms with Crippen LogP contribution >= 0.6 is 11.3 Å². The molecule has 0 saturated carbocycles. The fraction of sp³-hybridized carbons (Fsp3) is 0.429. The average Bonchev–Trinajstić information content (AvgIpc) is 2.99. The van der Waals surface area contributed by atoms with Crippen LogP contribution < -0.4 is 35.9 Å². The number of carbonyl (C=O) groups is 2. The van der Waals surface area contributed by atoms with E-state index in [1.807, 2.05) is 6.07 Å². The van der Waals surface area contributed by atoms with Gasteiger partial charge in [-0.15, -0.1) is 11.3 Å². The number of nitrogens with one attached hydrogen (secondary N) is 3. The minimum absolute atomic E-state index is 0.0256. The van der Waals surface area contributed by atoms with Crippen molar-refractivity contribution < 1.29 is 23.8 Å². The summed E-state index contributed by atoms with van der Waals surface area (Å²) in [5.74, 6) is 1.17. The third-order valence-electron chi connectivity index (χ3n) is 5.05. The number of hydrogen-bond acceptors (Lipinski definition) is 7. The molecule has 1 aliphatic heterocycles. The van der Waals surface area contributed by atoms with Crippen molar-refractivity contribution in [3.8, 4) is 27.7 Å². The van der Waals surface area contributed by atoms with Crippen LogP contribution in [0.2, 0.25) is 0 Å². The molecule has 9 nitrogen and oxygen atoms in total. The molecule has 168 valence electrons. The molecule has 0 radical (unpaired) electrons. The number of hydrogen-bond donors (Lipinski definition) is 4. The fourth-order valence-electron chi connectivity index (χ4n) is 3.61. The first-order valence-corrected chi connectivity index (χ1v) is 10.8. The van der Waals surface area contributed by atoms with Crippen molar-refractivity contribution in [2.75, 3.05) is 39.7 Å². The summed E-state index contributed by atoms with van der Waals surface area (Å²) in [6.07, 6.45) is 3.03. The van der Waals surface area contributed by atoms with Crippen LogP contribution in [0.25, 0.3) is 10.4 Å². The molecule has 0 spiro atoms. The highest BCUT2D eigenvalue weighted by molar-refractivity contribution is 7.18. The first kappa shape index (κ1) is 22.7. The molecule has 31 heavy (non-hydrogen) atoms. The molecule has 1 aromatic heterocycles. The van der Waals surface area contributed by atoms with Crippen LogP contribution in [-0.2, 0) is 0 Å². The summed E-state index contributed by atoms with van der Waals surface area (Å²) in [4.78, 5) is 25.7. The minimum atomic E-state index is -0.742. The zero-order valence-electron chi connectivity index (χ0n) is 17.9. The number of methoxy groups -OCH3 is 3. The van der Waals surface area contributed by atoms with E-state index in [-0.39, 0.29) is 11.9 Å². The lowest BCUT2D eigenvalue weighted by atomic mass is 10.1. The maximum Gasteiger partial charge on any atom is 0.316 e. The zero-order valence-corrected chi connectivity index (χ0v) is 18.7. The molecule has 10 heteroatoms. The molecule has 1 aliphatic rings. The van der Waals surface area contributed by atoms with E-state index in [0.717, 1.165) is 25.8 Å².